The van der Waals surface area contributed by atoms with Gasteiger partial charge in [-0.25, -0.2) is 4.79 Å². The number of hydrogen-bond donors (Lipinski definition) is 1. The number of hydrogen-bond acceptors (Lipinski definition) is 4. The Morgan fingerprint density at radius 1 is 0.905 bits per heavy atom. The van der Waals surface area contributed by atoms with E-state index < -0.39 is 5.97 Å². The molecule has 0 aliphatic carbocycles. The van der Waals surface area contributed by atoms with E-state index in [1.165, 1.54) is 0 Å². The lowest BCUT2D eigenvalue weighted by Gasteiger charge is -2.00. The molecule has 0 atom stereocenters. The van der Waals surface area contributed by atoms with Crippen molar-refractivity contribution in [1.29, 1.82) is 0 Å². The molecular weight excluding hydrogens is 272 g/mol. The van der Waals surface area contributed by atoms with Gasteiger partial charge in [0.15, 0.2) is 12.9 Å². The van der Waals surface area contributed by atoms with Gasteiger partial charge in [0.1, 0.15) is 18.1 Å². The number of carboxylic acids is 1. The van der Waals surface area contributed by atoms with Crippen LogP contribution >= 0.6 is 0 Å². The number of benzene rings is 2. The van der Waals surface area contributed by atoms with Gasteiger partial charge in [0.25, 0.3) is 0 Å². The van der Waals surface area contributed by atoms with Gasteiger partial charge in [0.2, 0.25) is 0 Å². The van der Waals surface area contributed by atoms with E-state index in [1.807, 2.05) is 36.4 Å². The van der Waals surface area contributed by atoms with Gasteiger partial charge in [-0.05, 0) is 24.3 Å². The number of carboxylic acid groups (broad SMARTS) is 1. The zero-order valence-corrected chi connectivity index (χ0v) is 11.3. The van der Waals surface area contributed by atoms with Gasteiger partial charge in [-0.2, -0.15) is 0 Å². The molecule has 0 saturated carbocycles. The van der Waals surface area contributed by atoms with Crippen LogP contribution in [0.25, 0.3) is 0 Å². The largest absolute Gasteiger partial charge is 0.486 e. The fourth-order valence-electron chi connectivity index (χ4n) is 1.31. The molecule has 0 aliphatic rings. The molecular formula is C16H16O5. The maximum Gasteiger partial charge on any atom is 0.341 e. The molecule has 0 fully saturated rings. The first-order valence-corrected chi connectivity index (χ1v) is 6.23. The molecule has 0 amide bonds. The Bertz CT molecular complexity index is 525. The second-order valence-electron chi connectivity index (χ2n) is 3.79. The highest BCUT2D eigenvalue weighted by Crippen LogP contribution is 2.07. The van der Waals surface area contributed by atoms with Crippen molar-refractivity contribution in [2.75, 3.05) is 13.2 Å². The number of para-hydroxylation sites is 2. The lowest BCUT2D eigenvalue weighted by Crippen LogP contribution is -2.09. The van der Waals surface area contributed by atoms with E-state index in [9.17, 15) is 9.59 Å². The summed E-state index contributed by atoms with van der Waals surface area (Å²) in [7, 11) is 0. The summed E-state index contributed by atoms with van der Waals surface area (Å²) in [4.78, 5) is 19.9. The van der Waals surface area contributed by atoms with Crippen LogP contribution in [0.15, 0.2) is 60.7 Å². The van der Waals surface area contributed by atoms with Gasteiger partial charge in [-0.3, -0.25) is 4.79 Å². The molecule has 5 heteroatoms. The maximum atomic E-state index is 10.0. The van der Waals surface area contributed by atoms with Gasteiger partial charge in [0, 0.05) is 0 Å². The minimum Gasteiger partial charge on any atom is -0.486 e. The molecule has 0 spiro atoms. The number of carbonyl (C=O) groups is 2. The summed E-state index contributed by atoms with van der Waals surface area (Å²) in [6.07, 6.45) is 0.729. The summed E-state index contributed by atoms with van der Waals surface area (Å²) in [6.45, 7) is -0.159. The van der Waals surface area contributed by atoms with Crippen LogP contribution in [0.3, 0.4) is 0 Å². The normalized spacial score (nSPS) is 8.95. The van der Waals surface area contributed by atoms with Gasteiger partial charge >= 0.3 is 5.97 Å². The van der Waals surface area contributed by atoms with Gasteiger partial charge in [0.05, 0.1) is 0 Å². The summed E-state index contributed by atoms with van der Waals surface area (Å²) in [5.41, 5.74) is 0. The molecule has 21 heavy (non-hydrogen) atoms. The third kappa shape index (κ3) is 8.05. The van der Waals surface area contributed by atoms with E-state index >= 15 is 0 Å². The molecule has 0 saturated heterocycles. The predicted octanol–water partition coefficient (Wildman–Crippen LogP) is 2.41. The second kappa shape index (κ2) is 10.0. The topological polar surface area (TPSA) is 72.8 Å². The first kappa shape index (κ1) is 16.2. The van der Waals surface area contributed by atoms with Crippen molar-refractivity contribution < 1.29 is 24.2 Å². The van der Waals surface area contributed by atoms with Crippen LogP contribution < -0.4 is 9.47 Å². The van der Waals surface area contributed by atoms with Crippen LogP contribution in [0.2, 0.25) is 0 Å². The Morgan fingerprint density at radius 3 is 1.81 bits per heavy atom. The molecule has 0 aliphatic heterocycles. The number of aldehydes is 1. The SMILES string of the molecule is O=C(O)COc1ccccc1.O=CCOc1ccccc1. The van der Waals surface area contributed by atoms with Crippen LogP contribution in [0.1, 0.15) is 0 Å². The fraction of sp³-hybridized carbons (Fsp3) is 0.125. The number of rotatable bonds is 6. The number of aliphatic carboxylic acids is 1. The van der Waals surface area contributed by atoms with Crippen molar-refractivity contribution >= 4 is 12.3 Å². The monoisotopic (exact) mass is 288 g/mol. The summed E-state index contributed by atoms with van der Waals surface area (Å²) >= 11 is 0. The Hall–Kier alpha value is -2.82. The molecule has 5 nitrogen and oxygen atoms in total. The maximum absolute atomic E-state index is 10.0. The fourth-order valence-corrected chi connectivity index (χ4v) is 1.31. The summed E-state index contributed by atoms with van der Waals surface area (Å²) in [6, 6.07) is 18.1. The van der Waals surface area contributed by atoms with Crippen LogP contribution in [0, 0.1) is 0 Å². The Morgan fingerprint density at radius 2 is 1.38 bits per heavy atom. The van der Waals surface area contributed by atoms with Crippen molar-refractivity contribution in [2.24, 2.45) is 0 Å². The van der Waals surface area contributed by atoms with Crippen molar-refractivity contribution in [3.8, 4) is 11.5 Å². The molecule has 0 aromatic heterocycles. The lowest BCUT2D eigenvalue weighted by atomic mass is 10.3. The summed E-state index contributed by atoms with van der Waals surface area (Å²) in [5, 5.41) is 8.25. The molecule has 110 valence electrons. The van der Waals surface area contributed by atoms with E-state index in [-0.39, 0.29) is 13.2 Å². The van der Waals surface area contributed by atoms with E-state index in [4.69, 9.17) is 14.6 Å². The van der Waals surface area contributed by atoms with Crippen molar-refractivity contribution in [2.45, 2.75) is 0 Å². The number of ether oxygens (including phenoxy) is 2. The first-order chi connectivity index (χ1) is 10.2. The summed E-state index contributed by atoms with van der Waals surface area (Å²) < 4.78 is 9.85. The minimum absolute atomic E-state index is 0.129. The highest BCUT2D eigenvalue weighted by Gasteiger charge is 1.96. The van der Waals surface area contributed by atoms with Crippen molar-refractivity contribution in [3.63, 3.8) is 0 Å². The van der Waals surface area contributed by atoms with Crippen molar-refractivity contribution in [1.82, 2.24) is 0 Å². The minimum atomic E-state index is -0.964. The highest BCUT2D eigenvalue weighted by molar-refractivity contribution is 5.68. The average Bonchev–Trinajstić information content (AvgIpc) is 2.53. The smallest absolute Gasteiger partial charge is 0.341 e. The van der Waals surface area contributed by atoms with Gasteiger partial charge in [-0.15, -0.1) is 0 Å². The quantitative estimate of drug-likeness (QED) is 0.826. The third-order valence-corrected chi connectivity index (χ3v) is 2.17. The molecule has 2 aromatic carbocycles. The second-order valence-corrected chi connectivity index (χ2v) is 3.79. The van der Waals surface area contributed by atoms with Crippen LogP contribution in [0.5, 0.6) is 11.5 Å². The van der Waals surface area contributed by atoms with Crippen LogP contribution in [-0.2, 0) is 9.59 Å². The van der Waals surface area contributed by atoms with Gasteiger partial charge < -0.3 is 14.6 Å². The first-order valence-electron chi connectivity index (χ1n) is 6.23. The Labute approximate surface area is 122 Å². The molecule has 0 heterocycles. The Balaban J connectivity index is 0.000000211. The number of carbonyl (C=O) groups excluding carboxylic acids is 1. The predicted molar refractivity (Wildman–Crippen MR) is 77.6 cm³/mol. The van der Waals surface area contributed by atoms with Crippen molar-refractivity contribution in [3.05, 3.63) is 60.7 Å². The Kier molecular flexibility index (Phi) is 7.75. The highest BCUT2D eigenvalue weighted by atomic mass is 16.5. The molecule has 0 bridgehead atoms. The zero-order chi connectivity index (χ0) is 15.3. The zero-order valence-electron chi connectivity index (χ0n) is 11.3. The van der Waals surface area contributed by atoms with E-state index in [0.29, 0.717) is 5.75 Å². The molecule has 0 radical (unpaired) electrons. The van der Waals surface area contributed by atoms with Gasteiger partial charge in [-0.1, -0.05) is 36.4 Å². The lowest BCUT2D eigenvalue weighted by molar-refractivity contribution is -0.139. The molecule has 2 rings (SSSR count). The summed E-state index contributed by atoms with van der Waals surface area (Å²) in [5.74, 6) is 0.346. The molecule has 1 N–H and O–H groups in total. The molecule has 0 unspecified atom stereocenters. The van der Waals surface area contributed by atoms with E-state index in [1.54, 1.807) is 24.3 Å². The van der Waals surface area contributed by atoms with Crippen LogP contribution in [-0.4, -0.2) is 30.6 Å². The van der Waals surface area contributed by atoms with E-state index in [2.05, 4.69) is 0 Å². The molecule has 2 aromatic rings. The van der Waals surface area contributed by atoms with E-state index in [0.717, 1.165) is 12.0 Å². The third-order valence-electron chi connectivity index (χ3n) is 2.17. The average molecular weight is 288 g/mol. The van der Waals surface area contributed by atoms with Crippen LogP contribution in [0.4, 0.5) is 0 Å². The standard InChI is InChI=1S/C8H8O3.C8H8O2/c9-8(10)6-11-7-4-2-1-3-5-7;9-6-7-10-8-4-2-1-3-5-8/h1-5H,6H2,(H,9,10);1-6H,7H2.